The maximum absolute atomic E-state index is 12.9. The van der Waals surface area contributed by atoms with Crippen LogP contribution in [0.2, 0.25) is 10.0 Å². The van der Waals surface area contributed by atoms with Crippen LogP contribution in [0.25, 0.3) is 11.0 Å². The normalized spacial score (nSPS) is 11.6. The number of ether oxygens (including phenoxy) is 1. The number of benzene rings is 3. The molecule has 1 N–H and O–H groups in total. The van der Waals surface area contributed by atoms with Crippen LogP contribution in [0, 0.1) is 18.3 Å². The van der Waals surface area contributed by atoms with Crippen LogP contribution >= 0.6 is 23.2 Å². The van der Waals surface area contributed by atoms with Gasteiger partial charge in [-0.1, -0.05) is 41.4 Å². The highest BCUT2D eigenvalue weighted by Gasteiger charge is 2.20. The quantitative estimate of drug-likeness (QED) is 0.293. The van der Waals surface area contributed by atoms with Gasteiger partial charge in [0.1, 0.15) is 16.9 Å². The zero-order valence-corrected chi connectivity index (χ0v) is 20.4. The number of amides is 1. The highest BCUT2D eigenvalue weighted by molar-refractivity contribution is 6.32. The molecule has 1 aromatic heterocycles. The molecule has 0 radical (unpaired) electrons. The first-order chi connectivity index (χ1) is 16.8. The van der Waals surface area contributed by atoms with Crippen LogP contribution in [0.3, 0.4) is 0 Å². The van der Waals surface area contributed by atoms with Crippen molar-refractivity contribution in [2.45, 2.75) is 19.8 Å². The van der Waals surface area contributed by atoms with E-state index in [0.29, 0.717) is 50.2 Å². The fraction of sp³-hybridized carbons (Fsp3) is 0.148. The number of rotatable bonds is 6. The van der Waals surface area contributed by atoms with Crippen molar-refractivity contribution in [2.24, 2.45) is 0 Å². The van der Waals surface area contributed by atoms with Gasteiger partial charge in [-0.05, 0) is 66.9 Å². The largest absolute Gasteiger partial charge is 0.494 e. The van der Waals surface area contributed by atoms with Gasteiger partial charge in [0.25, 0.3) is 5.91 Å². The number of nitriles is 1. The number of hydrogen-bond acceptors (Lipinski definition) is 5. The van der Waals surface area contributed by atoms with Gasteiger partial charge in [-0.25, -0.2) is 4.79 Å². The fourth-order valence-corrected chi connectivity index (χ4v) is 4.13. The number of anilines is 1. The molecule has 6 nitrogen and oxygen atoms in total. The van der Waals surface area contributed by atoms with Gasteiger partial charge in [-0.3, -0.25) is 4.79 Å². The summed E-state index contributed by atoms with van der Waals surface area (Å²) in [5.41, 5.74) is 1.86. The highest BCUT2D eigenvalue weighted by Crippen LogP contribution is 2.34. The lowest BCUT2D eigenvalue weighted by molar-refractivity contribution is 0.102. The molecular formula is C27H20Cl2N2O4. The van der Waals surface area contributed by atoms with Crippen molar-refractivity contribution < 1.29 is 13.9 Å². The molecule has 176 valence electrons. The molecule has 1 heterocycles. The smallest absolute Gasteiger partial charge is 0.349 e. The fourth-order valence-electron chi connectivity index (χ4n) is 3.73. The first-order valence-corrected chi connectivity index (χ1v) is 11.5. The molecular weight excluding hydrogens is 487 g/mol. The summed E-state index contributed by atoms with van der Waals surface area (Å²) in [6.45, 7) is 4.11. The summed E-state index contributed by atoms with van der Waals surface area (Å²) in [5.74, 6) is -0.673. The Morgan fingerprint density at radius 1 is 1.11 bits per heavy atom. The predicted octanol–water partition coefficient (Wildman–Crippen LogP) is 6.71. The van der Waals surface area contributed by atoms with Gasteiger partial charge in [-0.2, -0.15) is 5.26 Å². The van der Waals surface area contributed by atoms with E-state index in [-0.39, 0.29) is 5.56 Å². The van der Waals surface area contributed by atoms with Crippen molar-refractivity contribution in [1.82, 2.24) is 0 Å². The van der Waals surface area contributed by atoms with Crippen LogP contribution in [0.15, 0.2) is 69.9 Å². The van der Waals surface area contributed by atoms with Gasteiger partial charge in [0.05, 0.1) is 18.6 Å². The van der Waals surface area contributed by atoms with E-state index in [2.05, 4.69) is 11.4 Å². The standard InChI is InChI=1S/C27H20Cl2N2O4/c1-3-34-19-9-6-17-11-21(27(33)35-25(17)12-19)26(32)31-24-13-23(29)20(10-15(24)2)22(14-30)16-4-7-18(28)8-5-16/h4-13,22H,3H2,1-2H3,(H,31,32). The third kappa shape index (κ3) is 5.17. The Morgan fingerprint density at radius 3 is 2.54 bits per heavy atom. The third-order valence-electron chi connectivity index (χ3n) is 5.50. The lowest BCUT2D eigenvalue weighted by Gasteiger charge is -2.16. The highest BCUT2D eigenvalue weighted by atomic mass is 35.5. The van der Waals surface area contributed by atoms with Gasteiger partial charge < -0.3 is 14.5 Å². The zero-order valence-electron chi connectivity index (χ0n) is 18.9. The van der Waals surface area contributed by atoms with Gasteiger partial charge in [-0.15, -0.1) is 0 Å². The van der Waals surface area contributed by atoms with Crippen LogP contribution in [-0.4, -0.2) is 12.5 Å². The minimum atomic E-state index is -0.767. The van der Waals surface area contributed by atoms with E-state index in [9.17, 15) is 14.9 Å². The van der Waals surface area contributed by atoms with Crippen LogP contribution in [-0.2, 0) is 0 Å². The van der Waals surface area contributed by atoms with Crippen LogP contribution in [0.4, 0.5) is 5.69 Å². The van der Waals surface area contributed by atoms with Gasteiger partial charge >= 0.3 is 5.63 Å². The Labute approximate surface area is 211 Å². The van der Waals surface area contributed by atoms with E-state index in [1.165, 1.54) is 6.07 Å². The summed E-state index contributed by atoms with van der Waals surface area (Å²) < 4.78 is 10.8. The second-order valence-corrected chi connectivity index (χ2v) is 8.68. The van der Waals surface area contributed by atoms with Gasteiger partial charge in [0, 0.05) is 27.2 Å². The first-order valence-electron chi connectivity index (χ1n) is 10.8. The Bertz CT molecular complexity index is 1520. The molecule has 0 bridgehead atoms. The van der Waals surface area contributed by atoms with E-state index < -0.39 is 17.5 Å². The molecule has 4 aromatic rings. The molecule has 0 spiro atoms. The Balaban J connectivity index is 1.63. The second kappa shape index (κ2) is 10.2. The maximum atomic E-state index is 12.9. The Kier molecular flexibility index (Phi) is 7.11. The van der Waals surface area contributed by atoms with E-state index in [4.69, 9.17) is 32.4 Å². The number of carbonyl (C=O) groups is 1. The molecule has 0 saturated carbocycles. The predicted molar refractivity (Wildman–Crippen MR) is 137 cm³/mol. The molecule has 1 unspecified atom stereocenters. The lowest BCUT2D eigenvalue weighted by atomic mass is 9.91. The summed E-state index contributed by atoms with van der Waals surface area (Å²) in [5, 5.41) is 14.0. The molecule has 0 aliphatic rings. The van der Waals surface area contributed by atoms with Crippen LogP contribution in [0.1, 0.15) is 39.9 Å². The zero-order chi connectivity index (χ0) is 25.1. The summed E-state index contributed by atoms with van der Waals surface area (Å²) in [7, 11) is 0. The minimum absolute atomic E-state index is 0.141. The average Bonchev–Trinajstić information content (AvgIpc) is 2.83. The maximum Gasteiger partial charge on any atom is 0.349 e. The van der Waals surface area contributed by atoms with Crippen molar-refractivity contribution in [3.05, 3.63) is 103 Å². The van der Waals surface area contributed by atoms with Crippen LogP contribution < -0.4 is 15.7 Å². The Morgan fingerprint density at radius 2 is 1.86 bits per heavy atom. The number of hydrogen-bond donors (Lipinski definition) is 1. The lowest BCUT2D eigenvalue weighted by Crippen LogP contribution is -2.21. The average molecular weight is 507 g/mol. The van der Waals surface area contributed by atoms with Crippen molar-refractivity contribution in [2.75, 3.05) is 11.9 Å². The molecule has 1 amide bonds. The number of halogens is 2. The number of fused-ring (bicyclic) bond motifs is 1. The van der Waals surface area contributed by atoms with Crippen LogP contribution in [0.5, 0.6) is 5.75 Å². The van der Waals surface area contributed by atoms with E-state index >= 15 is 0 Å². The number of carbonyl (C=O) groups excluding carboxylic acids is 1. The van der Waals surface area contributed by atoms with Crippen molar-refractivity contribution >= 4 is 45.8 Å². The topological polar surface area (TPSA) is 92.3 Å². The number of aryl methyl sites for hydroxylation is 1. The molecule has 8 heteroatoms. The van der Waals surface area contributed by atoms with Crippen molar-refractivity contribution in [1.29, 1.82) is 5.26 Å². The molecule has 0 aliphatic heterocycles. The van der Waals surface area contributed by atoms with Gasteiger partial charge in [0.2, 0.25) is 0 Å². The molecule has 1 atom stereocenters. The summed E-state index contributed by atoms with van der Waals surface area (Å²) in [4.78, 5) is 25.4. The van der Waals surface area contributed by atoms with E-state index in [1.54, 1.807) is 61.5 Å². The van der Waals surface area contributed by atoms with Gasteiger partial charge in [0.15, 0.2) is 0 Å². The second-order valence-electron chi connectivity index (χ2n) is 7.84. The number of nitrogens with zero attached hydrogens (tertiary/aromatic N) is 1. The summed E-state index contributed by atoms with van der Waals surface area (Å²) in [6, 6.07) is 19.1. The van der Waals surface area contributed by atoms with E-state index in [1.807, 2.05) is 6.92 Å². The first kappa shape index (κ1) is 24.3. The number of nitrogens with one attached hydrogen (secondary N) is 1. The third-order valence-corrected chi connectivity index (χ3v) is 6.08. The summed E-state index contributed by atoms with van der Waals surface area (Å²) >= 11 is 12.5. The van der Waals surface area contributed by atoms with Crippen molar-refractivity contribution in [3.8, 4) is 11.8 Å². The molecule has 0 saturated heterocycles. The molecule has 0 aliphatic carbocycles. The monoisotopic (exact) mass is 506 g/mol. The Hall–Kier alpha value is -3.79. The molecule has 3 aromatic carbocycles. The molecule has 35 heavy (non-hydrogen) atoms. The SMILES string of the molecule is CCOc1ccc2cc(C(=O)Nc3cc(Cl)c(C(C#N)c4ccc(Cl)cc4)cc3C)c(=O)oc2c1. The molecule has 4 rings (SSSR count). The molecule has 0 fully saturated rings. The van der Waals surface area contributed by atoms with Crippen molar-refractivity contribution in [3.63, 3.8) is 0 Å². The minimum Gasteiger partial charge on any atom is -0.494 e. The summed E-state index contributed by atoms with van der Waals surface area (Å²) in [6.07, 6.45) is 0. The van der Waals surface area contributed by atoms with E-state index in [0.717, 1.165) is 5.56 Å².